The molecule has 246 valence electrons. The lowest BCUT2D eigenvalue weighted by atomic mass is 10.0. The van der Waals surface area contributed by atoms with E-state index in [2.05, 4.69) is 5.10 Å². The van der Waals surface area contributed by atoms with Crippen LogP contribution in [0.5, 0.6) is 0 Å². The standard InChI is InChI=1S/C30H27F7N4O4S/c1-28(2,3)45-26(43)39-9-8-21(31)23(15-39)41-25(42)24(46-27(41)44)11-16-4-7-22-18(10-16)13-38-40(22)14-17-5-6-19(29(32,33)34)12-20(17)30(35,36)37/h4-7,10-13,21,23H,8-9,14-15H2,1-3H3/t21-,23+/m1/s1. The van der Waals surface area contributed by atoms with Gasteiger partial charge in [0, 0.05) is 18.5 Å². The van der Waals surface area contributed by atoms with Gasteiger partial charge in [-0.3, -0.25) is 19.2 Å². The molecule has 0 spiro atoms. The van der Waals surface area contributed by atoms with Gasteiger partial charge in [0.1, 0.15) is 11.8 Å². The Morgan fingerprint density at radius 3 is 2.41 bits per heavy atom. The molecule has 2 atom stereocenters. The van der Waals surface area contributed by atoms with E-state index >= 15 is 0 Å². The summed E-state index contributed by atoms with van der Waals surface area (Å²) in [4.78, 5) is 40.8. The molecule has 3 aromatic rings. The van der Waals surface area contributed by atoms with E-state index in [0.717, 1.165) is 11.0 Å². The lowest BCUT2D eigenvalue weighted by Gasteiger charge is -2.38. The van der Waals surface area contributed by atoms with Crippen molar-refractivity contribution in [2.75, 3.05) is 13.1 Å². The highest BCUT2D eigenvalue weighted by Crippen LogP contribution is 2.39. The van der Waals surface area contributed by atoms with E-state index in [1.165, 1.54) is 34.0 Å². The summed E-state index contributed by atoms with van der Waals surface area (Å²) in [6, 6.07) is 4.79. The molecule has 1 aromatic heterocycles. The maximum Gasteiger partial charge on any atom is 0.416 e. The predicted molar refractivity (Wildman–Crippen MR) is 154 cm³/mol. The van der Waals surface area contributed by atoms with Crippen molar-refractivity contribution in [3.8, 4) is 0 Å². The topological polar surface area (TPSA) is 84.7 Å². The van der Waals surface area contributed by atoms with Gasteiger partial charge < -0.3 is 9.64 Å². The number of thioether (sulfide) groups is 1. The minimum Gasteiger partial charge on any atom is -0.444 e. The molecule has 0 saturated carbocycles. The van der Waals surface area contributed by atoms with Gasteiger partial charge in [-0.05, 0) is 80.4 Å². The number of benzene rings is 2. The van der Waals surface area contributed by atoms with Crippen LogP contribution in [0, 0.1) is 0 Å². The van der Waals surface area contributed by atoms with Crippen LogP contribution in [0.25, 0.3) is 17.0 Å². The summed E-state index contributed by atoms with van der Waals surface area (Å²) in [5.41, 5.74) is -3.27. The second kappa shape index (κ2) is 11.9. The summed E-state index contributed by atoms with van der Waals surface area (Å²) in [5.74, 6) is -0.744. The summed E-state index contributed by atoms with van der Waals surface area (Å²) in [6.07, 6.45) is -9.58. The van der Waals surface area contributed by atoms with Crippen LogP contribution in [0.1, 0.15) is 49.4 Å². The molecule has 0 N–H and O–H groups in total. The Morgan fingerprint density at radius 2 is 1.76 bits per heavy atom. The zero-order valence-corrected chi connectivity index (χ0v) is 25.4. The third-order valence-corrected chi connectivity index (χ3v) is 8.22. The third kappa shape index (κ3) is 7.00. The zero-order valence-electron chi connectivity index (χ0n) is 24.6. The van der Waals surface area contributed by atoms with Crippen molar-refractivity contribution >= 4 is 46.0 Å². The van der Waals surface area contributed by atoms with Gasteiger partial charge in [-0.1, -0.05) is 12.1 Å². The van der Waals surface area contributed by atoms with E-state index in [4.69, 9.17) is 4.74 Å². The van der Waals surface area contributed by atoms with Crippen LogP contribution in [0.3, 0.4) is 0 Å². The highest BCUT2D eigenvalue weighted by Gasteiger charge is 2.46. The number of ether oxygens (including phenoxy) is 1. The van der Waals surface area contributed by atoms with E-state index < -0.39 is 70.6 Å². The van der Waals surface area contributed by atoms with Crippen molar-refractivity contribution in [3.63, 3.8) is 0 Å². The quantitative estimate of drug-likeness (QED) is 0.211. The van der Waals surface area contributed by atoms with Crippen molar-refractivity contribution in [3.05, 3.63) is 69.8 Å². The van der Waals surface area contributed by atoms with Crippen molar-refractivity contribution in [2.24, 2.45) is 0 Å². The van der Waals surface area contributed by atoms with Gasteiger partial charge in [0.25, 0.3) is 11.1 Å². The van der Waals surface area contributed by atoms with Gasteiger partial charge in [-0.15, -0.1) is 0 Å². The lowest BCUT2D eigenvalue weighted by Crippen LogP contribution is -2.57. The van der Waals surface area contributed by atoms with E-state index in [1.54, 1.807) is 26.8 Å². The normalized spacial score (nSPS) is 20.7. The van der Waals surface area contributed by atoms with E-state index in [9.17, 15) is 45.1 Å². The van der Waals surface area contributed by atoms with Crippen LogP contribution < -0.4 is 0 Å². The Labute approximate surface area is 262 Å². The van der Waals surface area contributed by atoms with E-state index in [-0.39, 0.29) is 30.5 Å². The van der Waals surface area contributed by atoms with Crippen LogP contribution in [-0.4, -0.2) is 67.7 Å². The van der Waals surface area contributed by atoms with Crippen LogP contribution in [0.15, 0.2) is 47.5 Å². The maximum atomic E-state index is 15.0. The Kier molecular flexibility index (Phi) is 8.64. The highest BCUT2D eigenvalue weighted by molar-refractivity contribution is 8.18. The molecule has 2 aliphatic rings. The first-order chi connectivity index (χ1) is 21.3. The molecule has 2 saturated heterocycles. The second-order valence-electron chi connectivity index (χ2n) is 11.8. The van der Waals surface area contributed by atoms with Crippen LogP contribution in [0.4, 0.5) is 40.3 Å². The number of aromatic nitrogens is 2. The van der Waals surface area contributed by atoms with Crippen LogP contribution in [0.2, 0.25) is 0 Å². The zero-order chi connectivity index (χ0) is 33.8. The number of carbonyl (C=O) groups is 3. The molecular formula is C30H27F7N4O4S. The Morgan fingerprint density at radius 1 is 1.04 bits per heavy atom. The average Bonchev–Trinajstić information content (AvgIpc) is 3.45. The number of fused-ring (bicyclic) bond motifs is 1. The largest absolute Gasteiger partial charge is 0.444 e. The molecule has 0 aliphatic carbocycles. The number of hydrogen-bond acceptors (Lipinski definition) is 6. The summed E-state index contributed by atoms with van der Waals surface area (Å²) >= 11 is 0.601. The molecule has 2 aliphatic heterocycles. The summed E-state index contributed by atoms with van der Waals surface area (Å²) in [7, 11) is 0. The molecule has 5 rings (SSSR count). The molecule has 0 radical (unpaired) electrons. The Bertz CT molecular complexity index is 1730. The minimum atomic E-state index is -5.04. The van der Waals surface area contributed by atoms with Crippen LogP contribution >= 0.6 is 11.8 Å². The summed E-state index contributed by atoms with van der Waals surface area (Å²) < 4.78 is 102. The predicted octanol–water partition coefficient (Wildman–Crippen LogP) is 7.51. The summed E-state index contributed by atoms with van der Waals surface area (Å²) in [6.45, 7) is 4.38. The smallest absolute Gasteiger partial charge is 0.416 e. The van der Waals surface area contributed by atoms with Crippen molar-refractivity contribution < 1.29 is 49.9 Å². The first-order valence-electron chi connectivity index (χ1n) is 13.9. The third-order valence-electron chi connectivity index (χ3n) is 7.33. The molecule has 0 unspecified atom stereocenters. The van der Waals surface area contributed by atoms with Gasteiger partial charge >= 0.3 is 18.4 Å². The number of hydrogen-bond donors (Lipinski definition) is 0. The molecule has 3 heterocycles. The molecule has 2 aromatic carbocycles. The molecule has 8 nitrogen and oxygen atoms in total. The highest BCUT2D eigenvalue weighted by atomic mass is 32.2. The number of piperidine rings is 1. The van der Waals surface area contributed by atoms with Gasteiger partial charge in [0.15, 0.2) is 0 Å². The molecule has 3 amide bonds. The van der Waals surface area contributed by atoms with Gasteiger partial charge in [0.2, 0.25) is 0 Å². The van der Waals surface area contributed by atoms with Crippen molar-refractivity contribution in [2.45, 2.75) is 63.9 Å². The SMILES string of the molecule is CC(C)(C)OC(=O)N1CC[C@@H](F)[C@@H](N2C(=O)SC(=Cc3ccc4c(cnn4Cc4ccc(C(F)(F)F)cc4C(F)(F)F)c3)C2=O)C1. The number of imide groups is 1. The number of alkyl halides is 7. The fourth-order valence-corrected chi connectivity index (χ4v) is 6.08. The van der Waals surface area contributed by atoms with Gasteiger partial charge in [-0.2, -0.15) is 31.4 Å². The number of halogens is 7. The number of rotatable bonds is 4. The molecule has 46 heavy (non-hydrogen) atoms. The number of likely N-dealkylation sites (tertiary alicyclic amines) is 1. The van der Waals surface area contributed by atoms with Crippen LogP contribution in [-0.2, 0) is 28.4 Å². The maximum absolute atomic E-state index is 15.0. The number of carbonyl (C=O) groups excluding carboxylic acids is 3. The lowest BCUT2D eigenvalue weighted by molar-refractivity contribution is -0.143. The monoisotopic (exact) mass is 672 g/mol. The molecule has 0 bridgehead atoms. The molecular weight excluding hydrogens is 645 g/mol. The number of nitrogens with zero attached hydrogens (tertiary/aromatic N) is 4. The first kappa shape index (κ1) is 33.3. The Hall–Kier alpha value is -4.08. The second-order valence-corrected chi connectivity index (χ2v) is 12.8. The number of amides is 3. The molecule has 16 heteroatoms. The fourth-order valence-electron chi connectivity index (χ4n) is 5.19. The molecule has 2 fully saturated rings. The summed E-state index contributed by atoms with van der Waals surface area (Å²) in [5, 5.41) is 3.83. The minimum absolute atomic E-state index is 0.00194. The van der Waals surface area contributed by atoms with E-state index in [0.29, 0.717) is 34.3 Å². The van der Waals surface area contributed by atoms with Crippen molar-refractivity contribution in [1.29, 1.82) is 0 Å². The first-order valence-corrected chi connectivity index (χ1v) is 14.8. The van der Waals surface area contributed by atoms with Crippen molar-refractivity contribution in [1.82, 2.24) is 19.6 Å². The van der Waals surface area contributed by atoms with E-state index in [1.807, 2.05) is 0 Å². The average molecular weight is 673 g/mol. The Balaban J connectivity index is 1.36. The van der Waals surface area contributed by atoms with Gasteiger partial charge in [0.05, 0.1) is 40.3 Å². The fraction of sp³-hybridized carbons (Fsp3) is 0.400. The van der Waals surface area contributed by atoms with Gasteiger partial charge in [-0.25, -0.2) is 9.18 Å².